The Labute approximate surface area is 167 Å². The van der Waals surface area contributed by atoms with Crippen LogP contribution in [0.2, 0.25) is 0 Å². The van der Waals surface area contributed by atoms with E-state index in [-0.39, 0.29) is 0 Å². The van der Waals surface area contributed by atoms with Gasteiger partial charge >= 0.3 is 0 Å². The van der Waals surface area contributed by atoms with Gasteiger partial charge in [-0.1, -0.05) is 53.5 Å². The molecule has 0 aliphatic rings. The normalized spacial score (nSPS) is 13.1. The molecule has 0 bridgehead atoms. The quantitative estimate of drug-likeness (QED) is 0.317. The van der Waals surface area contributed by atoms with E-state index in [1.807, 2.05) is 6.26 Å². The van der Waals surface area contributed by atoms with Gasteiger partial charge in [-0.2, -0.15) is 0 Å². The first kappa shape index (κ1) is 23.3. The molecular formula is C26H40O. The van der Waals surface area contributed by atoms with Crippen LogP contribution in [0.1, 0.15) is 91.5 Å². The van der Waals surface area contributed by atoms with Gasteiger partial charge in [-0.3, -0.25) is 0 Å². The lowest BCUT2D eigenvalue weighted by Gasteiger charge is -2.04. The molecule has 0 atom stereocenters. The fourth-order valence-electron chi connectivity index (χ4n) is 3.14. The third-order valence-corrected chi connectivity index (χ3v) is 4.98. The molecule has 1 nitrogen and oxygen atoms in total. The van der Waals surface area contributed by atoms with Crippen molar-refractivity contribution in [1.82, 2.24) is 0 Å². The second kappa shape index (κ2) is 14.3. The highest BCUT2D eigenvalue weighted by atomic mass is 16.3. The molecule has 0 aliphatic heterocycles. The fraction of sp³-hybridized carbons (Fsp3) is 0.538. The minimum Gasteiger partial charge on any atom is -0.472 e. The van der Waals surface area contributed by atoms with Crippen molar-refractivity contribution in [3.8, 4) is 0 Å². The molecule has 0 amide bonds. The van der Waals surface area contributed by atoms with Crippen LogP contribution in [0.25, 0.3) is 0 Å². The summed E-state index contributed by atoms with van der Waals surface area (Å²) in [5, 5.41) is 0. The number of aryl methyl sites for hydroxylation is 1. The summed E-state index contributed by atoms with van der Waals surface area (Å²) >= 11 is 0. The zero-order chi connectivity index (χ0) is 19.9. The van der Waals surface area contributed by atoms with Crippen LogP contribution < -0.4 is 0 Å². The van der Waals surface area contributed by atoms with E-state index >= 15 is 0 Å². The van der Waals surface area contributed by atoms with Gasteiger partial charge in [0.15, 0.2) is 0 Å². The third-order valence-electron chi connectivity index (χ3n) is 4.98. The predicted octanol–water partition coefficient (Wildman–Crippen LogP) is 8.75. The number of furan rings is 1. The minimum absolute atomic E-state index is 1.08. The van der Waals surface area contributed by atoms with E-state index in [0.717, 1.165) is 19.3 Å². The number of hydrogen-bond acceptors (Lipinski definition) is 1. The third kappa shape index (κ3) is 12.3. The van der Waals surface area contributed by atoms with Gasteiger partial charge in [-0.25, -0.2) is 0 Å². The SMILES string of the molecule is CCC(=CCCc1ccoc1)CCC=C(C)CCC=C(C)CCC=C(C)C. The first-order chi connectivity index (χ1) is 13.0. The Kier molecular flexibility index (Phi) is 12.3. The summed E-state index contributed by atoms with van der Waals surface area (Å²) in [6.07, 6.45) is 23.6. The molecule has 1 aromatic heterocycles. The summed E-state index contributed by atoms with van der Waals surface area (Å²) in [7, 11) is 0. The maximum Gasteiger partial charge on any atom is 0.0934 e. The van der Waals surface area contributed by atoms with Crippen LogP contribution in [0, 0.1) is 0 Å². The molecule has 0 fully saturated rings. The molecular weight excluding hydrogens is 328 g/mol. The lowest BCUT2D eigenvalue weighted by Crippen LogP contribution is -1.86. The number of allylic oxidation sites excluding steroid dienone is 8. The Hall–Kier alpha value is -1.76. The van der Waals surface area contributed by atoms with Crippen LogP contribution >= 0.6 is 0 Å². The van der Waals surface area contributed by atoms with E-state index in [1.54, 1.807) is 11.8 Å². The number of rotatable bonds is 13. The molecule has 0 aromatic carbocycles. The Morgan fingerprint density at radius 1 is 0.815 bits per heavy atom. The van der Waals surface area contributed by atoms with Crippen molar-refractivity contribution in [1.29, 1.82) is 0 Å². The van der Waals surface area contributed by atoms with Crippen LogP contribution in [0.5, 0.6) is 0 Å². The molecule has 1 heterocycles. The molecule has 0 N–H and O–H groups in total. The van der Waals surface area contributed by atoms with E-state index in [0.29, 0.717) is 0 Å². The van der Waals surface area contributed by atoms with Gasteiger partial charge in [0.05, 0.1) is 12.5 Å². The smallest absolute Gasteiger partial charge is 0.0934 e. The van der Waals surface area contributed by atoms with Crippen molar-refractivity contribution < 1.29 is 4.42 Å². The van der Waals surface area contributed by atoms with Crippen molar-refractivity contribution >= 4 is 0 Å². The maximum absolute atomic E-state index is 5.13. The van der Waals surface area contributed by atoms with Gasteiger partial charge in [0, 0.05) is 0 Å². The van der Waals surface area contributed by atoms with Gasteiger partial charge in [-0.15, -0.1) is 0 Å². The van der Waals surface area contributed by atoms with E-state index < -0.39 is 0 Å². The lowest BCUT2D eigenvalue weighted by molar-refractivity contribution is 0.564. The van der Waals surface area contributed by atoms with E-state index in [4.69, 9.17) is 4.42 Å². The average molecular weight is 369 g/mol. The highest BCUT2D eigenvalue weighted by Gasteiger charge is 1.97. The number of hydrogen-bond donors (Lipinski definition) is 0. The summed E-state index contributed by atoms with van der Waals surface area (Å²) in [6, 6.07) is 2.06. The van der Waals surface area contributed by atoms with E-state index in [1.165, 1.54) is 60.8 Å². The molecule has 150 valence electrons. The zero-order valence-electron chi connectivity index (χ0n) is 18.3. The lowest BCUT2D eigenvalue weighted by atomic mass is 10.0. The Morgan fingerprint density at radius 2 is 1.44 bits per heavy atom. The van der Waals surface area contributed by atoms with Crippen LogP contribution in [0.4, 0.5) is 0 Å². The standard InChI is InChI=1S/C26H40O/c1-6-25(17-10-18-26-19-20-27-21-26)16-9-15-24(5)14-8-13-23(4)12-7-11-22(2)3/h11,13,15,17,19-21H,6-10,12,14,16,18H2,1-5H3. The molecule has 0 saturated heterocycles. The Balaban J connectivity index is 2.26. The topological polar surface area (TPSA) is 13.1 Å². The van der Waals surface area contributed by atoms with Gasteiger partial charge in [-0.05, 0) is 97.1 Å². The molecule has 1 aromatic rings. The molecule has 27 heavy (non-hydrogen) atoms. The summed E-state index contributed by atoms with van der Waals surface area (Å²) in [6.45, 7) is 11.2. The van der Waals surface area contributed by atoms with Crippen molar-refractivity contribution in [2.24, 2.45) is 0 Å². The molecule has 0 spiro atoms. The van der Waals surface area contributed by atoms with Crippen LogP contribution in [-0.2, 0) is 6.42 Å². The van der Waals surface area contributed by atoms with Crippen molar-refractivity contribution in [2.75, 3.05) is 0 Å². The second-order valence-electron chi connectivity index (χ2n) is 7.88. The van der Waals surface area contributed by atoms with Gasteiger partial charge in [0.2, 0.25) is 0 Å². The van der Waals surface area contributed by atoms with Gasteiger partial charge < -0.3 is 4.42 Å². The monoisotopic (exact) mass is 368 g/mol. The van der Waals surface area contributed by atoms with Crippen LogP contribution in [0.15, 0.2) is 69.6 Å². The molecule has 0 unspecified atom stereocenters. The summed E-state index contributed by atoms with van der Waals surface area (Å²) in [5.41, 5.74) is 7.34. The molecule has 0 saturated carbocycles. The Bertz CT molecular complexity index is 619. The fourth-order valence-corrected chi connectivity index (χ4v) is 3.14. The highest BCUT2D eigenvalue weighted by Crippen LogP contribution is 2.16. The molecule has 0 aliphatic carbocycles. The van der Waals surface area contributed by atoms with Crippen molar-refractivity contribution in [3.05, 3.63) is 70.8 Å². The average Bonchev–Trinajstić information content (AvgIpc) is 3.13. The maximum atomic E-state index is 5.13. The zero-order valence-corrected chi connectivity index (χ0v) is 18.3. The second-order valence-corrected chi connectivity index (χ2v) is 7.88. The predicted molar refractivity (Wildman–Crippen MR) is 120 cm³/mol. The van der Waals surface area contributed by atoms with Gasteiger partial charge in [0.1, 0.15) is 0 Å². The largest absolute Gasteiger partial charge is 0.472 e. The summed E-state index contributed by atoms with van der Waals surface area (Å²) in [5.74, 6) is 0. The van der Waals surface area contributed by atoms with Crippen molar-refractivity contribution in [2.45, 2.75) is 92.4 Å². The highest BCUT2D eigenvalue weighted by molar-refractivity contribution is 5.10. The van der Waals surface area contributed by atoms with Crippen LogP contribution in [-0.4, -0.2) is 0 Å². The first-order valence-electron chi connectivity index (χ1n) is 10.6. The summed E-state index contributed by atoms with van der Waals surface area (Å²) < 4.78 is 5.13. The summed E-state index contributed by atoms with van der Waals surface area (Å²) in [4.78, 5) is 0. The molecule has 1 rings (SSSR count). The van der Waals surface area contributed by atoms with Crippen LogP contribution in [0.3, 0.4) is 0 Å². The molecule has 1 heteroatoms. The van der Waals surface area contributed by atoms with E-state index in [2.05, 4.69) is 65.0 Å². The van der Waals surface area contributed by atoms with Crippen molar-refractivity contribution in [3.63, 3.8) is 0 Å². The molecule has 0 radical (unpaired) electrons. The minimum atomic E-state index is 1.08. The first-order valence-corrected chi connectivity index (χ1v) is 10.6. The Morgan fingerprint density at radius 3 is 2.00 bits per heavy atom. The van der Waals surface area contributed by atoms with E-state index in [9.17, 15) is 0 Å². The van der Waals surface area contributed by atoms with Gasteiger partial charge in [0.25, 0.3) is 0 Å².